The Morgan fingerprint density at radius 3 is 2.58 bits per heavy atom. The van der Waals surface area contributed by atoms with Gasteiger partial charge in [-0.2, -0.15) is 10.2 Å². The maximum atomic E-state index is 11.2. The highest BCUT2D eigenvalue weighted by atomic mass is 16.1. The van der Waals surface area contributed by atoms with E-state index in [0.29, 0.717) is 5.56 Å². The number of unbranched alkanes of at least 4 members (excludes halogenated alkanes) is 1. The topological polar surface area (TPSA) is 52.7 Å². The van der Waals surface area contributed by atoms with Crippen LogP contribution >= 0.6 is 0 Å². The van der Waals surface area contributed by atoms with Crippen LogP contribution in [0.25, 0.3) is 11.3 Å². The van der Waals surface area contributed by atoms with Gasteiger partial charge in [-0.05, 0) is 20.3 Å². The number of nitrogens with zero attached hydrogens (tertiary/aromatic N) is 4. The molecule has 0 radical (unpaired) electrons. The van der Waals surface area contributed by atoms with Gasteiger partial charge in [-0.15, -0.1) is 0 Å². The summed E-state index contributed by atoms with van der Waals surface area (Å²) in [6, 6.07) is 0. The highest BCUT2D eigenvalue weighted by Crippen LogP contribution is 2.27. The van der Waals surface area contributed by atoms with Crippen molar-refractivity contribution in [2.75, 3.05) is 0 Å². The highest BCUT2D eigenvalue weighted by Gasteiger charge is 2.18. The standard InChI is InChI=1S/C14H20N4O/c1-5-6-7-18-8-12(9-19)14(16-18)13-10(2)15-17(4)11(13)3/h8-9H,5-7H2,1-4H3. The lowest BCUT2D eigenvalue weighted by Crippen LogP contribution is -1.98. The van der Waals surface area contributed by atoms with E-state index in [1.54, 1.807) is 0 Å². The van der Waals surface area contributed by atoms with Crippen molar-refractivity contribution < 1.29 is 4.79 Å². The third kappa shape index (κ3) is 2.45. The summed E-state index contributed by atoms with van der Waals surface area (Å²) in [5, 5.41) is 8.94. The Morgan fingerprint density at radius 1 is 1.32 bits per heavy atom. The van der Waals surface area contributed by atoms with Gasteiger partial charge < -0.3 is 0 Å². The molecule has 0 atom stereocenters. The fraction of sp³-hybridized carbons (Fsp3) is 0.500. The molecule has 0 spiro atoms. The molecule has 0 N–H and O–H groups in total. The molecule has 2 aromatic rings. The first-order valence-electron chi connectivity index (χ1n) is 6.61. The SMILES string of the molecule is CCCCn1cc(C=O)c(-c2c(C)nn(C)c2C)n1. The number of hydrogen-bond donors (Lipinski definition) is 0. The van der Waals surface area contributed by atoms with Crippen LogP contribution in [0.15, 0.2) is 6.20 Å². The summed E-state index contributed by atoms with van der Waals surface area (Å²) in [7, 11) is 1.90. The van der Waals surface area contributed by atoms with Gasteiger partial charge in [0.2, 0.25) is 0 Å². The van der Waals surface area contributed by atoms with E-state index in [1.807, 2.05) is 36.5 Å². The Kier molecular flexibility index (Phi) is 3.83. The van der Waals surface area contributed by atoms with Crippen LogP contribution in [0.2, 0.25) is 0 Å². The van der Waals surface area contributed by atoms with Crippen molar-refractivity contribution in [1.29, 1.82) is 0 Å². The van der Waals surface area contributed by atoms with E-state index in [9.17, 15) is 4.79 Å². The lowest BCUT2D eigenvalue weighted by atomic mass is 10.1. The van der Waals surface area contributed by atoms with Crippen molar-refractivity contribution in [1.82, 2.24) is 19.6 Å². The molecular formula is C14H20N4O. The Morgan fingerprint density at radius 2 is 2.05 bits per heavy atom. The van der Waals surface area contributed by atoms with Crippen LogP contribution in [0, 0.1) is 13.8 Å². The average molecular weight is 260 g/mol. The van der Waals surface area contributed by atoms with E-state index in [0.717, 1.165) is 48.3 Å². The van der Waals surface area contributed by atoms with Crippen LogP contribution in [0.1, 0.15) is 41.5 Å². The maximum Gasteiger partial charge on any atom is 0.153 e. The molecule has 0 fully saturated rings. The quantitative estimate of drug-likeness (QED) is 0.776. The zero-order chi connectivity index (χ0) is 14.0. The Bertz CT molecular complexity index is 595. The summed E-state index contributed by atoms with van der Waals surface area (Å²) < 4.78 is 3.68. The number of aldehydes is 1. The zero-order valence-corrected chi connectivity index (χ0v) is 12.0. The lowest BCUT2D eigenvalue weighted by molar-refractivity contribution is 0.112. The van der Waals surface area contributed by atoms with Gasteiger partial charge in [-0.3, -0.25) is 14.2 Å². The molecule has 2 heterocycles. The minimum Gasteiger partial charge on any atom is -0.298 e. The fourth-order valence-electron chi connectivity index (χ4n) is 2.27. The molecule has 0 aliphatic rings. The second-order valence-electron chi connectivity index (χ2n) is 4.84. The van der Waals surface area contributed by atoms with Crippen molar-refractivity contribution in [2.24, 2.45) is 7.05 Å². The lowest BCUT2D eigenvalue weighted by Gasteiger charge is -2.00. The first kappa shape index (κ1) is 13.5. The van der Waals surface area contributed by atoms with Crippen LogP contribution in [0.5, 0.6) is 0 Å². The minimum atomic E-state index is 0.635. The number of aromatic nitrogens is 4. The zero-order valence-electron chi connectivity index (χ0n) is 12.0. The Balaban J connectivity index is 2.48. The molecule has 0 aliphatic heterocycles. The summed E-state index contributed by atoms with van der Waals surface area (Å²) in [5.74, 6) is 0. The highest BCUT2D eigenvalue weighted by molar-refractivity contribution is 5.86. The predicted molar refractivity (Wildman–Crippen MR) is 74.2 cm³/mol. The largest absolute Gasteiger partial charge is 0.298 e. The monoisotopic (exact) mass is 260 g/mol. The van der Waals surface area contributed by atoms with Gasteiger partial charge >= 0.3 is 0 Å². The van der Waals surface area contributed by atoms with E-state index in [1.165, 1.54) is 0 Å². The van der Waals surface area contributed by atoms with Crippen LogP contribution < -0.4 is 0 Å². The molecule has 102 valence electrons. The Labute approximate surface area is 113 Å². The summed E-state index contributed by atoms with van der Waals surface area (Å²) in [6.07, 6.45) is 4.86. The van der Waals surface area contributed by atoms with Crippen LogP contribution in [-0.4, -0.2) is 25.8 Å². The number of carbonyl (C=O) groups excluding carboxylic acids is 1. The van der Waals surface area contributed by atoms with E-state index in [-0.39, 0.29) is 0 Å². The molecule has 0 unspecified atom stereocenters. The van der Waals surface area contributed by atoms with Gasteiger partial charge in [-0.1, -0.05) is 13.3 Å². The minimum absolute atomic E-state index is 0.635. The molecule has 5 heteroatoms. The molecule has 0 aliphatic carbocycles. The molecule has 2 rings (SSSR count). The van der Waals surface area contributed by atoms with E-state index < -0.39 is 0 Å². The van der Waals surface area contributed by atoms with Crippen LogP contribution in [0.3, 0.4) is 0 Å². The van der Waals surface area contributed by atoms with Crippen molar-refractivity contribution in [2.45, 2.75) is 40.2 Å². The van der Waals surface area contributed by atoms with Crippen LogP contribution in [0.4, 0.5) is 0 Å². The molecular weight excluding hydrogens is 240 g/mol. The average Bonchev–Trinajstić information content (AvgIpc) is 2.89. The van der Waals surface area contributed by atoms with Crippen molar-refractivity contribution in [3.8, 4) is 11.3 Å². The van der Waals surface area contributed by atoms with Crippen LogP contribution in [-0.2, 0) is 13.6 Å². The summed E-state index contributed by atoms with van der Waals surface area (Å²) in [6.45, 7) is 6.92. The number of carbonyl (C=O) groups is 1. The number of rotatable bonds is 5. The molecule has 0 bridgehead atoms. The molecule has 0 saturated heterocycles. The smallest absolute Gasteiger partial charge is 0.153 e. The van der Waals surface area contributed by atoms with Gasteiger partial charge in [0.1, 0.15) is 5.69 Å². The van der Waals surface area contributed by atoms with Gasteiger partial charge in [-0.25, -0.2) is 0 Å². The summed E-state index contributed by atoms with van der Waals surface area (Å²) in [4.78, 5) is 11.2. The molecule has 0 saturated carbocycles. The predicted octanol–water partition coefficient (Wildman–Crippen LogP) is 2.51. The van der Waals surface area contributed by atoms with Crippen molar-refractivity contribution >= 4 is 6.29 Å². The van der Waals surface area contributed by atoms with Gasteiger partial charge in [0.15, 0.2) is 6.29 Å². The fourth-order valence-corrected chi connectivity index (χ4v) is 2.27. The second kappa shape index (κ2) is 5.38. The van der Waals surface area contributed by atoms with Gasteiger partial charge in [0.25, 0.3) is 0 Å². The molecule has 2 aromatic heterocycles. The normalized spacial score (nSPS) is 10.9. The van der Waals surface area contributed by atoms with Crippen molar-refractivity contribution in [3.05, 3.63) is 23.1 Å². The first-order valence-corrected chi connectivity index (χ1v) is 6.61. The summed E-state index contributed by atoms with van der Waals surface area (Å²) >= 11 is 0. The third-order valence-corrected chi connectivity index (χ3v) is 3.40. The van der Waals surface area contributed by atoms with Gasteiger partial charge in [0, 0.05) is 31.0 Å². The molecule has 5 nitrogen and oxygen atoms in total. The van der Waals surface area contributed by atoms with Crippen molar-refractivity contribution in [3.63, 3.8) is 0 Å². The first-order chi connectivity index (χ1) is 9.08. The van der Waals surface area contributed by atoms with E-state index >= 15 is 0 Å². The number of hydrogen-bond acceptors (Lipinski definition) is 3. The van der Waals surface area contributed by atoms with Gasteiger partial charge in [0.05, 0.1) is 11.3 Å². The Hall–Kier alpha value is -1.91. The maximum absolute atomic E-state index is 11.2. The van der Waals surface area contributed by atoms with E-state index in [2.05, 4.69) is 17.1 Å². The summed E-state index contributed by atoms with van der Waals surface area (Å²) in [5.41, 5.74) is 4.29. The number of aryl methyl sites for hydroxylation is 3. The third-order valence-electron chi connectivity index (χ3n) is 3.40. The second-order valence-corrected chi connectivity index (χ2v) is 4.84. The molecule has 0 amide bonds. The van der Waals surface area contributed by atoms with E-state index in [4.69, 9.17) is 0 Å². The molecule has 19 heavy (non-hydrogen) atoms. The molecule has 0 aromatic carbocycles.